The van der Waals surface area contributed by atoms with Crippen molar-refractivity contribution in [3.8, 4) is 5.75 Å². The minimum absolute atomic E-state index is 0.205. The van der Waals surface area contributed by atoms with Crippen molar-refractivity contribution in [3.63, 3.8) is 0 Å². The SMILES string of the molecule is COc1cccc(CN(C)C(=O)C(Cl)C(CC=O)c2ccccc2)c1. The lowest BCUT2D eigenvalue weighted by atomic mass is 9.92. The molecule has 0 N–H and O–H groups in total. The summed E-state index contributed by atoms with van der Waals surface area (Å²) in [7, 11) is 3.31. The number of methoxy groups -OCH3 is 1. The lowest BCUT2D eigenvalue weighted by molar-refractivity contribution is -0.130. The van der Waals surface area contributed by atoms with Crippen LogP contribution in [0, 0.1) is 0 Å². The Hall–Kier alpha value is -2.33. The van der Waals surface area contributed by atoms with Crippen molar-refractivity contribution in [2.24, 2.45) is 0 Å². The highest BCUT2D eigenvalue weighted by atomic mass is 35.5. The standard InChI is InChI=1S/C20H22ClNO3/c1-22(14-15-7-6-10-17(13-15)25-2)20(24)19(21)18(11-12-23)16-8-4-3-5-9-16/h3-10,12-13,18-19H,11,14H2,1-2H3. The zero-order chi connectivity index (χ0) is 18.2. The average Bonchev–Trinajstić information content (AvgIpc) is 2.65. The quantitative estimate of drug-likeness (QED) is 0.534. The number of nitrogens with zero attached hydrogens (tertiary/aromatic N) is 1. The van der Waals surface area contributed by atoms with Gasteiger partial charge in [-0.15, -0.1) is 11.6 Å². The molecule has 0 bridgehead atoms. The highest BCUT2D eigenvalue weighted by Crippen LogP contribution is 2.28. The van der Waals surface area contributed by atoms with Gasteiger partial charge in [-0.05, 0) is 23.3 Å². The van der Waals surface area contributed by atoms with E-state index in [4.69, 9.17) is 16.3 Å². The van der Waals surface area contributed by atoms with E-state index in [-0.39, 0.29) is 18.2 Å². The molecule has 1 amide bonds. The van der Waals surface area contributed by atoms with Crippen LogP contribution in [0.5, 0.6) is 5.75 Å². The molecule has 132 valence electrons. The van der Waals surface area contributed by atoms with E-state index in [1.54, 1.807) is 19.1 Å². The van der Waals surface area contributed by atoms with Crippen molar-refractivity contribution >= 4 is 23.8 Å². The maximum Gasteiger partial charge on any atom is 0.241 e. The van der Waals surface area contributed by atoms with Crippen LogP contribution in [0.15, 0.2) is 54.6 Å². The summed E-state index contributed by atoms with van der Waals surface area (Å²) in [4.78, 5) is 25.4. The van der Waals surface area contributed by atoms with Crippen molar-refractivity contribution in [2.45, 2.75) is 24.3 Å². The van der Waals surface area contributed by atoms with Gasteiger partial charge in [0.2, 0.25) is 5.91 Å². The maximum atomic E-state index is 12.7. The normalized spacial score (nSPS) is 12.9. The molecule has 0 saturated carbocycles. The highest BCUT2D eigenvalue weighted by molar-refractivity contribution is 6.31. The molecule has 2 aromatic rings. The molecule has 0 aliphatic heterocycles. The van der Waals surface area contributed by atoms with Crippen LogP contribution in [0.1, 0.15) is 23.5 Å². The van der Waals surface area contributed by atoms with Gasteiger partial charge >= 0.3 is 0 Å². The number of hydrogen-bond acceptors (Lipinski definition) is 3. The fraction of sp³-hybridized carbons (Fsp3) is 0.300. The van der Waals surface area contributed by atoms with E-state index in [0.717, 1.165) is 23.2 Å². The number of halogens is 1. The van der Waals surface area contributed by atoms with E-state index < -0.39 is 5.38 Å². The first-order valence-corrected chi connectivity index (χ1v) is 8.51. The highest BCUT2D eigenvalue weighted by Gasteiger charge is 2.29. The van der Waals surface area contributed by atoms with Gasteiger partial charge in [-0.2, -0.15) is 0 Å². The first kappa shape index (κ1) is 19.0. The molecule has 2 atom stereocenters. The zero-order valence-corrected chi connectivity index (χ0v) is 15.1. The molecule has 25 heavy (non-hydrogen) atoms. The van der Waals surface area contributed by atoms with Crippen LogP contribution in [0.4, 0.5) is 0 Å². The molecule has 0 fully saturated rings. The predicted molar refractivity (Wildman–Crippen MR) is 99.0 cm³/mol. The molecule has 2 aromatic carbocycles. The Morgan fingerprint density at radius 3 is 2.56 bits per heavy atom. The van der Waals surface area contributed by atoms with Crippen LogP contribution in [0.25, 0.3) is 0 Å². The molecular weight excluding hydrogens is 338 g/mol. The summed E-state index contributed by atoms with van der Waals surface area (Å²) in [5.41, 5.74) is 1.84. The van der Waals surface area contributed by atoms with E-state index in [2.05, 4.69) is 0 Å². The second kappa shape index (κ2) is 9.23. The fourth-order valence-electron chi connectivity index (χ4n) is 2.73. The smallest absolute Gasteiger partial charge is 0.241 e. The molecule has 0 aliphatic rings. The number of amides is 1. The Morgan fingerprint density at radius 1 is 1.20 bits per heavy atom. The summed E-state index contributed by atoms with van der Waals surface area (Å²) in [6.45, 7) is 0.419. The molecule has 0 aliphatic carbocycles. The van der Waals surface area contributed by atoms with Crippen molar-refractivity contribution in [1.82, 2.24) is 4.90 Å². The molecule has 0 aromatic heterocycles. The molecular formula is C20H22ClNO3. The summed E-state index contributed by atoms with van der Waals surface area (Å²) in [5, 5.41) is -0.803. The molecule has 0 spiro atoms. The molecule has 0 heterocycles. The number of aldehydes is 1. The number of rotatable bonds is 8. The second-order valence-electron chi connectivity index (χ2n) is 5.87. The number of hydrogen-bond donors (Lipinski definition) is 0. The first-order valence-electron chi connectivity index (χ1n) is 8.07. The summed E-state index contributed by atoms with van der Waals surface area (Å²) >= 11 is 6.46. The van der Waals surface area contributed by atoms with Gasteiger partial charge < -0.3 is 14.4 Å². The number of carbonyl (C=O) groups excluding carboxylic acids is 2. The van der Waals surface area contributed by atoms with E-state index >= 15 is 0 Å². The number of benzene rings is 2. The van der Waals surface area contributed by atoms with Crippen molar-refractivity contribution in [3.05, 3.63) is 65.7 Å². The Balaban J connectivity index is 2.11. The lowest BCUT2D eigenvalue weighted by Crippen LogP contribution is -2.36. The lowest BCUT2D eigenvalue weighted by Gasteiger charge is -2.25. The van der Waals surface area contributed by atoms with Crippen molar-refractivity contribution in [1.29, 1.82) is 0 Å². The molecule has 4 nitrogen and oxygen atoms in total. The van der Waals surface area contributed by atoms with Crippen molar-refractivity contribution in [2.75, 3.05) is 14.2 Å². The second-order valence-corrected chi connectivity index (χ2v) is 6.34. The van der Waals surface area contributed by atoms with Crippen LogP contribution in [-0.4, -0.2) is 36.6 Å². The van der Waals surface area contributed by atoms with Gasteiger partial charge in [-0.25, -0.2) is 0 Å². The van der Waals surface area contributed by atoms with Crippen LogP contribution < -0.4 is 4.74 Å². The van der Waals surface area contributed by atoms with Crippen LogP contribution in [-0.2, 0) is 16.1 Å². The molecule has 2 unspecified atom stereocenters. The Morgan fingerprint density at radius 2 is 1.92 bits per heavy atom. The Bertz CT molecular complexity index is 705. The molecule has 0 saturated heterocycles. The summed E-state index contributed by atoms with van der Waals surface area (Å²) in [6, 6.07) is 17.0. The first-order chi connectivity index (χ1) is 12.1. The van der Waals surface area contributed by atoms with E-state index in [9.17, 15) is 9.59 Å². The average molecular weight is 360 g/mol. The third-order valence-corrected chi connectivity index (χ3v) is 4.59. The monoisotopic (exact) mass is 359 g/mol. The van der Waals surface area contributed by atoms with Gasteiger partial charge in [-0.1, -0.05) is 42.5 Å². The van der Waals surface area contributed by atoms with Gasteiger partial charge in [0, 0.05) is 25.9 Å². The predicted octanol–water partition coefficient (Wildman–Crippen LogP) is 3.63. The molecule has 0 radical (unpaired) electrons. The topological polar surface area (TPSA) is 46.6 Å². The zero-order valence-electron chi connectivity index (χ0n) is 14.4. The van der Waals surface area contributed by atoms with E-state index in [0.29, 0.717) is 6.54 Å². The summed E-state index contributed by atoms with van der Waals surface area (Å²) < 4.78 is 5.20. The van der Waals surface area contributed by atoms with Gasteiger partial charge in [-0.3, -0.25) is 4.79 Å². The molecule has 2 rings (SSSR count). The minimum Gasteiger partial charge on any atom is -0.497 e. The fourth-order valence-corrected chi connectivity index (χ4v) is 3.15. The maximum absolute atomic E-state index is 12.7. The Labute approximate surface area is 153 Å². The summed E-state index contributed by atoms with van der Waals surface area (Å²) in [5.74, 6) is 0.185. The van der Waals surface area contributed by atoms with E-state index in [1.807, 2.05) is 54.6 Å². The van der Waals surface area contributed by atoms with Crippen LogP contribution >= 0.6 is 11.6 Å². The van der Waals surface area contributed by atoms with Gasteiger partial charge in [0.1, 0.15) is 17.4 Å². The third kappa shape index (κ3) is 5.07. The third-order valence-electron chi connectivity index (χ3n) is 4.10. The summed E-state index contributed by atoms with van der Waals surface area (Å²) in [6.07, 6.45) is 1.01. The minimum atomic E-state index is -0.803. The number of carbonyl (C=O) groups is 2. The molecule has 5 heteroatoms. The Kier molecular flexibility index (Phi) is 7.02. The van der Waals surface area contributed by atoms with Gasteiger partial charge in [0.25, 0.3) is 0 Å². The van der Waals surface area contributed by atoms with Crippen LogP contribution in [0.3, 0.4) is 0 Å². The number of alkyl halides is 1. The van der Waals surface area contributed by atoms with E-state index in [1.165, 1.54) is 0 Å². The van der Waals surface area contributed by atoms with Gasteiger partial charge in [0.15, 0.2) is 0 Å². The van der Waals surface area contributed by atoms with Gasteiger partial charge in [0.05, 0.1) is 7.11 Å². The number of ether oxygens (including phenoxy) is 1. The largest absolute Gasteiger partial charge is 0.497 e. The van der Waals surface area contributed by atoms with Crippen LogP contribution in [0.2, 0.25) is 0 Å². The van der Waals surface area contributed by atoms with Crippen molar-refractivity contribution < 1.29 is 14.3 Å².